The van der Waals surface area contributed by atoms with Crippen LogP contribution in [0.1, 0.15) is 32.3 Å². The van der Waals surface area contributed by atoms with Crippen molar-refractivity contribution in [2.75, 3.05) is 13.2 Å². The molecule has 0 fully saturated rings. The van der Waals surface area contributed by atoms with E-state index in [0.29, 0.717) is 0 Å². The molecule has 0 spiro atoms. The average molecular weight is 436 g/mol. The van der Waals surface area contributed by atoms with Gasteiger partial charge in [-0.05, 0) is 25.0 Å². The highest BCUT2D eigenvalue weighted by Gasteiger charge is 2.25. The first-order valence-corrected chi connectivity index (χ1v) is 11.4. The summed E-state index contributed by atoms with van der Waals surface area (Å²) < 4.78 is 38.7. The maximum absolute atomic E-state index is 12.8. The zero-order valence-electron chi connectivity index (χ0n) is 17.5. The van der Waals surface area contributed by atoms with Crippen LogP contribution in [0, 0.1) is 18.8 Å². The summed E-state index contributed by atoms with van der Waals surface area (Å²) in [5.74, 6) is -1.17. The SMILES string of the molecule is Cc1ccc(S(=O)(=O)N[C@H]2COC(=O)C/C=C/[C@@H](C)COC(=O)C/C=C/[C@@H]2C)cc1. The van der Waals surface area contributed by atoms with Crippen molar-refractivity contribution >= 4 is 22.0 Å². The van der Waals surface area contributed by atoms with Crippen LogP contribution in [0.25, 0.3) is 0 Å². The molecule has 1 aliphatic rings. The second-order valence-corrected chi connectivity index (χ2v) is 9.22. The molecule has 3 atom stereocenters. The lowest BCUT2D eigenvalue weighted by Crippen LogP contribution is -2.42. The maximum Gasteiger partial charge on any atom is 0.309 e. The molecule has 2 rings (SSSR count). The Morgan fingerprint density at radius 1 is 0.900 bits per heavy atom. The summed E-state index contributed by atoms with van der Waals surface area (Å²) in [5, 5.41) is 0. The van der Waals surface area contributed by atoms with E-state index in [-0.39, 0.29) is 48.8 Å². The molecule has 0 aliphatic carbocycles. The zero-order chi connectivity index (χ0) is 22.1. The average Bonchev–Trinajstić information content (AvgIpc) is 2.69. The number of cyclic esters (lactones) is 2. The molecule has 1 aliphatic heterocycles. The molecule has 1 aromatic rings. The van der Waals surface area contributed by atoms with Crippen molar-refractivity contribution in [2.24, 2.45) is 11.8 Å². The summed E-state index contributed by atoms with van der Waals surface area (Å²) in [5.41, 5.74) is 0.947. The third kappa shape index (κ3) is 7.76. The third-order valence-electron chi connectivity index (χ3n) is 4.68. The molecule has 7 nitrogen and oxygen atoms in total. The van der Waals surface area contributed by atoms with Crippen molar-refractivity contribution in [3.63, 3.8) is 0 Å². The predicted octanol–water partition coefficient (Wildman–Crippen LogP) is 2.91. The molecule has 8 heteroatoms. The van der Waals surface area contributed by atoms with Gasteiger partial charge in [0.05, 0.1) is 30.4 Å². The van der Waals surface area contributed by atoms with Crippen molar-refractivity contribution < 1.29 is 27.5 Å². The van der Waals surface area contributed by atoms with E-state index in [9.17, 15) is 18.0 Å². The highest BCUT2D eigenvalue weighted by atomic mass is 32.2. The zero-order valence-corrected chi connectivity index (χ0v) is 18.4. The minimum Gasteiger partial charge on any atom is -0.465 e. The summed E-state index contributed by atoms with van der Waals surface area (Å²) in [4.78, 5) is 24.0. The van der Waals surface area contributed by atoms with Crippen molar-refractivity contribution in [3.8, 4) is 0 Å². The summed E-state index contributed by atoms with van der Waals surface area (Å²) in [6, 6.07) is 5.79. The van der Waals surface area contributed by atoms with E-state index in [4.69, 9.17) is 9.47 Å². The van der Waals surface area contributed by atoms with Crippen molar-refractivity contribution in [1.82, 2.24) is 4.72 Å². The molecule has 1 heterocycles. The van der Waals surface area contributed by atoms with Crippen LogP contribution in [0.5, 0.6) is 0 Å². The second-order valence-electron chi connectivity index (χ2n) is 7.51. The van der Waals surface area contributed by atoms with Crippen LogP contribution in [-0.2, 0) is 29.1 Å². The van der Waals surface area contributed by atoms with Crippen LogP contribution in [-0.4, -0.2) is 39.6 Å². The van der Waals surface area contributed by atoms with Gasteiger partial charge in [-0.2, -0.15) is 0 Å². The monoisotopic (exact) mass is 435 g/mol. The first kappa shape index (κ1) is 23.8. The lowest BCUT2D eigenvalue weighted by atomic mass is 10.0. The molecule has 164 valence electrons. The van der Waals surface area contributed by atoms with Crippen LogP contribution in [0.2, 0.25) is 0 Å². The van der Waals surface area contributed by atoms with Crippen LogP contribution >= 0.6 is 0 Å². The van der Waals surface area contributed by atoms with E-state index in [1.165, 1.54) is 12.1 Å². The largest absolute Gasteiger partial charge is 0.465 e. The lowest BCUT2D eigenvalue weighted by Gasteiger charge is -2.23. The Morgan fingerprint density at radius 3 is 2.10 bits per heavy atom. The molecule has 0 amide bonds. The number of esters is 2. The van der Waals surface area contributed by atoms with Crippen LogP contribution in [0.15, 0.2) is 53.5 Å². The Bertz CT molecular complexity index is 889. The summed E-state index contributed by atoms with van der Waals surface area (Å²) in [6.45, 7) is 5.64. The molecule has 1 N–H and O–H groups in total. The summed E-state index contributed by atoms with van der Waals surface area (Å²) >= 11 is 0. The fourth-order valence-electron chi connectivity index (χ4n) is 2.77. The molecule has 1 aromatic carbocycles. The quantitative estimate of drug-likeness (QED) is 0.579. The molecule has 30 heavy (non-hydrogen) atoms. The van der Waals surface area contributed by atoms with E-state index in [1.54, 1.807) is 43.4 Å². The number of sulfonamides is 1. The van der Waals surface area contributed by atoms with E-state index < -0.39 is 22.0 Å². The van der Waals surface area contributed by atoms with Crippen molar-refractivity contribution in [2.45, 2.75) is 44.6 Å². The van der Waals surface area contributed by atoms with E-state index in [0.717, 1.165) is 5.56 Å². The first-order chi connectivity index (χ1) is 14.2. The van der Waals surface area contributed by atoms with Gasteiger partial charge in [0, 0.05) is 5.92 Å². The predicted molar refractivity (Wildman–Crippen MR) is 113 cm³/mol. The molecule has 0 radical (unpaired) electrons. The molecule has 0 aromatic heterocycles. The molecule has 0 bridgehead atoms. The smallest absolute Gasteiger partial charge is 0.309 e. The maximum atomic E-state index is 12.8. The fraction of sp³-hybridized carbons (Fsp3) is 0.455. The number of ether oxygens (including phenoxy) is 2. The number of carbonyl (C=O) groups excluding carboxylic acids is 2. The minimum absolute atomic E-state index is 0.0242. The second kappa shape index (κ2) is 11.1. The van der Waals surface area contributed by atoms with Gasteiger partial charge in [0.2, 0.25) is 10.0 Å². The van der Waals surface area contributed by atoms with E-state index >= 15 is 0 Å². The fourth-order valence-corrected chi connectivity index (χ4v) is 4.08. The van der Waals surface area contributed by atoms with Gasteiger partial charge in [-0.25, -0.2) is 13.1 Å². The van der Waals surface area contributed by atoms with Gasteiger partial charge in [0.15, 0.2) is 0 Å². The Labute approximate surface area is 178 Å². The Balaban J connectivity index is 2.19. The number of rotatable bonds is 3. The van der Waals surface area contributed by atoms with Gasteiger partial charge in [0.1, 0.15) is 6.61 Å². The standard InChI is InChI=1S/C22H29NO6S/c1-16-10-12-19(13-11-16)30(26,27)23-20-15-29-22(25)8-4-6-17(2)14-28-21(24)9-5-7-18(20)3/h4-7,10-13,17-18,20,23H,8-9,14-15H2,1-3H3/b6-4+,7-5+/t17-,18+,20+/m1/s1. The number of nitrogens with one attached hydrogen (secondary N) is 1. The van der Waals surface area contributed by atoms with E-state index in [2.05, 4.69) is 4.72 Å². The van der Waals surface area contributed by atoms with Gasteiger partial charge in [0.25, 0.3) is 0 Å². The van der Waals surface area contributed by atoms with Crippen molar-refractivity contribution in [1.29, 1.82) is 0 Å². The Hall–Kier alpha value is -2.45. The Morgan fingerprint density at radius 2 is 1.47 bits per heavy atom. The highest BCUT2D eigenvalue weighted by Crippen LogP contribution is 2.15. The van der Waals surface area contributed by atoms with Gasteiger partial charge < -0.3 is 9.47 Å². The van der Waals surface area contributed by atoms with Crippen LogP contribution in [0.4, 0.5) is 0 Å². The van der Waals surface area contributed by atoms with Crippen LogP contribution in [0.3, 0.4) is 0 Å². The molecular weight excluding hydrogens is 406 g/mol. The Kier molecular flexibility index (Phi) is 8.80. The minimum atomic E-state index is -3.81. The third-order valence-corrected chi connectivity index (χ3v) is 6.18. The summed E-state index contributed by atoms with van der Waals surface area (Å²) in [6.07, 6.45) is 6.94. The number of carbonyl (C=O) groups is 2. The normalized spacial score (nSPS) is 26.6. The van der Waals surface area contributed by atoms with Gasteiger partial charge >= 0.3 is 11.9 Å². The van der Waals surface area contributed by atoms with E-state index in [1.807, 2.05) is 13.8 Å². The van der Waals surface area contributed by atoms with Crippen LogP contribution < -0.4 is 4.72 Å². The number of hydrogen-bond acceptors (Lipinski definition) is 6. The lowest BCUT2D eigenvalue weighted by molar-refractivity contribution is -0.144. The molecular formula is C22H29NO6S. The number of benzene rings is 1. The first-order valence-electron chi connectivity index (χ1n) is 9.91. The van der Waals surface area contributed by atoms with Gasteiger partial charge in [-0.3, -0.25) is 9.59 Å². The molecule has 0 saturated carbocycles. The highest BCUT2D eigenvalue weighted by molar-refractivity contribution is 7.89. The van der Waals surface area contributed by atoms with Gasteiger partial charge in [-0.15, -0.1) is 0 Å². The molecule has 0 unspecified atom stereocenters. The number of aryl methyl sites for hydroxylation is 1. The topological polar surface area (TPSA) is 98.8 Å². The summed E-state index contributed by atoms with van der Waals surface area (Å²) in [7, 11) is -3.81. The van der Waals surface area contributed by atoms with Gasteiger partial charge in [-0.1, -0.05) is 55.8 Å². The molecule has 0 saturated heterocycles. The number of hydrogen-bond donors (Lipinski definition) is 1. The van der Waals surface area contributed by atoms with Crippen molar-refractivity contribution in [3.05, 3.63) is 54.1 Å².